The van der Waals surface area contributed by atoms with Crippen molar-refractivity contribution in [3.8, 4) is 0 Å². The Labute approximate surface area is 133 Å². The fourth-order valence-corrected chi connectivity index (χ4v) is 1.97. The minimum Gasteiger partial charge on any atom is -0.383 e. The number of carbonyl (C=O) groups excluding carboxylic acids is 1. The van der Waals surface area contributed by atoms with Crippen LogP contribution in [0.2, 0.25) is 0 Å². The van der Waals surface area contributed by atoms with E-state index in [1.54, 1.807) is 24.9 Å². The van der Waals surface area contributed by atoms with Crippen LogP contribution in [0.1, 0.15) is 6.92 Å². The zero-order valence-electron chi connectivity index (χ0n) is 12.5. The molecule has 1 atom stereocenters. The molecule has 2 aromatic rings. The lowest BCUT2D eigenvalue weighted by Gasteiger charge is -2.08. The summed E-state index contributed by atoms with van der Waals surface area (Å²) >= 11 is 5.69. The first-order valence-corrected chi connectivity index (χ1v) is 7.38. The molecule has 0 saturated heterocycles. The lowest BCUT2D eigenvalue weighted by atomic mass is 10.4. The third kappa shape index (κ3) is 4.05. The van der Waals surface area contributed by atoms with Crippen LogP contribution in [0.4, 0.5) is 5.82 Å². The fraction of sp³-hybridized carbons (Fsp3) is 0.538. The van der Waals surface area contributed by atoms with Gasteiger partial charge in [-0.1, -0.05) is 0 Å². The Morgan fingerprint density at radius 1 is 1.45 bits per heavy atom. The predicted molar refractivity (Wildman–Crippen MR) is 84.0 cm³/mol. The maximum Gasteiger partial charge on any atom is 0.237 e. The average molecular weight is 327 g/mol. The van der Waals surface area contributed by atoms with Gasteiger partial charge in [0.25, 0.3) is 0 Å². The van der Waals surface area contributed by atoms with E-state index in [-0.39, 0.29) is 5.91 Å². The van der Waals surface area contributed by atoms with Crippen molar-refractivity contribution in [2.75, 3.05) is 32.1 Å². The first-order chi connectivity index (χ1) is 10.6. The van der Waals surface area contributed by atoms with Crippen LogP contribution in [-0.2, 0) is 16.1 Å². The minimum atomic E-state index is -0.548. The van der Waals surface area contributed by atoms with Crippen molar-refractivity contribution in [3.05, 3.63) is 12.5 Å². The van der Waals surface area contributed by atoms with E-state index in [2.05, 4.69) is 25.7 Å². The molecule has 0 spiro atoms. The second-order valence-corrected chi connectivity index (χ2v) is 5.31. The van der Waals surface area contributed by atoms with E-state index < -0.39 is 5.38 Å². The molecule has 0 fully saturated rings. The zero-order chi connectivity index (χ0) is 15.9. The topological polar surface area (TPSA) is 94.0 Å². The Morgan fingerprint density at radius 3 is 3.00 bits per heavy atom. The maximum atomic E-state index is 11.4. The lowest BCUT2D eigenvalue weighted by molar-refractivity contribution is -0.120. The first-order valence-electron chi connectivity index (χ1n) is 6.94. The van der Waals surface area contributed by atoms with Crippen molar-refractivity contribution in [2.24, 2.45) is 0 Å². The first kappa shape index (κ1) is 16.4. The summed E-state index contributed by atoms with van der Waals surface area (Å²) < 4.78 is 6.72. The number of hydrogen-bond donors (Lipinski definition) is 2. The second-order valence-electron chi connectivity index (χ2n) is 4.65. The van der Waals surface area contributed by atoms with Gasteiger partial charge in [-0.05, 0) is 6.92 Å². The molecule has 1 amide bonds. The number of halogens is 1. The van der Waals surface area contributed by atoms with Crippen molar-refractivity contribution in [1.82, 2.24) is 25.1 Å². The van der Waals surface area contributed by atoms with Gasteiger partial charge in [0, 0.05) is 20.2 Å². The van der Waals surface area contributed by atoms with Crippen molar-refractivity contribution in [3.63, 3.8) is 0 Å². The lowest BCUT2D eigenvalue weighted by Crippen LogP contribution is -2.32. The van der Waals surface area contributed by atoms with E-state index in [4.69, 9.17) is 16.3 Å². The van der Waals surface area contributed by atoms with Crippen LogP contribution in [0.25, 0.3) is 11.0 Å². The van der Waals surface area contributed by atoms with Gasteiger partial charge in [-0.3, -0.25) is 4.79 Å². The third-order valence-corrected chi connectivity index (χ3v) is 3.21. The number of carbonyl (C=O) groups is 1. The summed E-state index contributed by atoms with van der Waals surface area (Å²) in [5.74, 6) is 0.515. The molecule has 2 rings (SSSR count). The standard InChI is InChI=1S/C13H19ClN6O2/c1-9(14)13(21)16-3-5-20-12-10(7-19-20)11(17-8-18-12)15-4-6-22-2/h7-9H,3-6H2,1-2H3,(H,16,21)(H,15,17,18). The molecule has 0 aliphatic carbocycles. The monoisotopic (exact) mass is 326 g/mol. The van der Waals surface area contributed by atoms with Crippen LogP contribution < -0.4 is 10.6 Å². The molecule has 0 aliphatic heterocycles. The number of aromatic nitrogens is 4. The molecule has 0 aliphatic rings. The number of methoxy groups -OCH3 is 1. The summed E-state index contributed by atoms with van der Waals surface area (Å²) in [7, 11) is 1.64. The molecule has 2 heterocycles. The van der Waals surface area contributed by atoms with E-state index in [1.807, 2.05) is 0 Å². The Kier molecular flexibility index (Phi) is 5.91. The Balaban J connectivity index is 2.03. The number of fused-ring (bicyclic) bond motifs is 1. The summed E-state index contributed by atoms with van der Waals surface area (Å²) in [6, 6.07) is 0. The number of nitrogens with zero attached hydrogens (tertiary/aromatic N) is 4. The molecule has 120 valence electrons. The van der Waals surface area contributed by atoms with Gasteiger partial charge in [0.1, 0.15) is 17.5 Å². The number of ether oxygens (including phenoxy) is 1. The summed E-state index contributed by atoms with van der Waals surface area (Å²) in [6.45, 7) is 3.81. The van der Waals surface area contributed by atoms with Crippen molar-refractivity contribution in [2.45, 2.75) is 18.8 Å². The van der Waals surface area contributed by atoms with Gasteiger partial charge in [0.2, 0.25) is 5.91 Å². The number of nitrogens with one attached hydrogen (secondary N) is 2. The zero-order valence-corrected chi connectivity index (χ0v) is 13.3. The molecule has 22 heavy (non-hydrogen) atoms. The normalized spacial score (nSPS) is 12.3. The highest BCUT2D eigenvalue weighted by Gasteiger charge is 2.11. The molecule has 8 nitrogen and oxygen atoms in total. The van der Waals surface area contributed by atoms with Gasteiger partial charge in [-0.2, -0.15) is 5.10 Å². The molecule has 1 unspecified atom stereocenters. The van der Waals surface area contributed by atoms with Crippen molar-refractivity contribution >= 4 is 34.4 Å². The average Bonchev–Trinajstić information content (AvgIpc) is 2.91. The van der Waals surface area contributed by atoms with Gasteiger partial charge in [0.05, 0.1) is 24.7 Å². The van der Waals surface area contributed by atoms with Gasteiger partial charge < -0.3 is 15.4 Å². The van der Waals surface area contributed by atoms with Crippen LogP contribution in [0.3, 0.4) is 0 Å². The molecular weight excluding hydrogens is 308 g/mol. The van der Waals surface area contributed by atoms with Crippen molar-refractivity contribution < 1.29 is 9.53 Å². The van der Waals surface area contributed by atoms with E-state index in [9.17, 15) is 4.79 Å². The number of alkyl halides is 1. The highest BCUT2D eigenvalue weighted by atomic mass is 35.5. The van der Waals surface area contributed by atoms with Crippen LogP contribution in [0, 0.1) is 0 Å². The van der Waals surface area contributed by atoms with Crippen LogP contribution in [0.15, 0.2) is 12.5 Å². The number of anilines is 1. The molecular formula is C13H19ClN6O2. The Morgan fingerprint density at radius 2 is 2.27 bits per heavy atom. The smallest absolute Gasteiger partial charge is 0.237 e. The van der Waals surface area contributed by atoms with Crippen molar-refractivity contribution in [1.29, 1.82) is 0 Å². The van der Waals surface area contributed by atoms with Gasteiger partial charge in [-0.15, -0.1) is 11.6 Å². The van der Waals surface area contributed by atoms with E-state index in [1.165, 1.54) is 6.33 Å². The maximum absolute atomic E-state index is 11.4. The summed E-state index contributed by atoms with van der Waals surface area (Å²) in [6.07, 6.45) is 3.19. The Hall–Kier alpha value is -1.93. The molecule has 9 heteroatoms. The van der Waals surface area contributed by atoms with Gasteiger partial charge in [-0.25, -0.2) is 14.6 Å². The SMILES string of the molecule is COCCNc1ncnc2c1cnn2CCNC(=O)C(C)Cl. The third-order valence-electron chi connectivity index (χ3n) is 3.02. The minimum absolute atomic E-state index is 0.199. The molecule has 0 aromatic carbocycles. The summed E-state index contributed by atoms with van der Waals surface area (Å²) in [4.78, 5) is 19.9. The summed E-state index contributed by atoms with van der Waals surface area (Å²) in [5, 5.41) is 10.5. The Bertz CT molecular complexity index is 630. The quantitative estimate of drug-likeness (QED) is 0.546. The predicted octanol–water partition coefficient (Wildman–Crippen LogP) is 0.628. The second kappa shape index (κ2) is 7.90. The molecule has 0 radical (unpaired) electrons. The fourth-order valence-electron chi connectivity index (χ4n) is 1.89. The number of rotatable bonds is 8. The molecule has 0 saturated carbocycles. The summed E-state index contributed by atoms with van der Waals surface area (Å²) in [5.41, 5.74) is 0.711. The van der Waals surface area contributed by atoms with Gasteiger partial charge >= 0.3 is 0 Å². The van der Waals surface area contributed by atoms with Gasteiger partial charge in [0.15, 0.2) is 5.65 Å². The largest absolute Gasteiger partial charge is 0.383 e. The number of hydrogen-bond acceptors (Lipinski definition) is 6. The molecule has 2 aromatic heterocycles. The van der Waals surface area contributed by atoms with E-state index in [0.29, 0.717) is 37.7 Å². The molecule has 0 bridgehead atoms. The van der Waals surface area contributed by atoms with E-state index >= 15 is 0 Å². The van der Waals surface area contributed by atoms with Crippen LogP contribution in [0.5, 0.6) is 0 Å². The van der Waals surface area contributed by atoms with E-state index in [0.717, 1.165) is 5.39 Å². The highest BCUT2D eigenvalue weighted by molar-refractivity contribution is 6.30. The highest BCUT2D eigenvalue weighted by Crippen LogP contribution is 2.18. The molecule has 2 N–H and O–H groups in total. The van der Waals surface area contributed by atoms with Crippen LogP contribution in [-0.4, -0.2) is 57.8 Å². The van der Waals surface area contributed by atoms with Crippen LogP contribution >= 0.6 is 11.6 Å². The number of amides is 1.